The molecular weight excluding hydrogens is 1730 g/mol. The lowest BCUT2D eigenvalue weighted by atomic mass is 9.79. The summed E-state index contributed by atoms with van der Waals surface area (Å²) in [5, 5.41) is 47.2. The van der Waals surface area contributed by atoms with Crippen molar-refractivity contribution in [1.29, 1.82) is 0 Å². The van der Waals surface area contributed by atoms with E-state index in [1.165, 1.54) is 128 Å². The maximum Gasteiger partial charge on any atom is 0.232 e. The van der Waals surface area contributed by atoms with Crippen LogP contribution in [-0.4, -0.2) is 263 Å². The first-order chi connectivity index (χ1) is 64.2. The first kappa shape index (κ1) is 118. The molecule has 9 saturated heterocycles. The van der Waals surface area contributed by atoms with Gasteiger partial charge in [0.2, 0.25) is 35.7 Å². The van der Waals surface area contributed by atoms with E-state index in [1.54, 1.807) is 0 Å². The minimum Gasteiger partial charge on any atom is -0.378 e. The molecule has 9 aliphatic rings. The van der Waals surface area contributed by atoms with E-state index in [2.05, 4.69) is 356 Å². The van der Waals surface area contributed by atoms with E-state index >= 15 is 0 Å². The molecule has 0 radical (unpaired) electrons. The fourth-order valence-electron chi connectivity index (χ4n) is 29.9. The number of unbranched alkanes of at least 4 members (excludes halogenated alkanes) is 12. The highest BCUT2D eigenvalue weighted by molar-refractivity contribution is 5.51. The SMILES string of the molecule is CC1(C)CC(NCCCCCCN(c2nc(N3CCOCC3)nc(N(CCCCCCNC3CC(C)(C)NC(C)(C)C3)C3CC(C)(C)NC(C)(C)C3)n2)C2CC(C)(C)NC(C)(C)C2)CC(C)(C)N1.CN(CCCCCCN(c1nc(NC(C)(C)CC(C)(C)C)nc(N(CCCCCCNC2CC(C)(C)NC(C)(C)C2)C2CC(C)(C)NC(C)(C)C2)n1)C1CC(C)(C)NC(C)(C)C1)C1CC(C)(C)NC(C)(C)C1. The van der Waals surface area contributed by atoms with Gasteiger partial charge in [0.15, 0.2) is 0 Å². The molecule has 0 bridgehead atoms. The third-order valence-electron chi connectivity index (χ3n) is 31.7. The van der Waals surface area contributed by atoms with Gasteiger partial charge < -0.3 is 97.9 Å². The molecule has 0 amide bonds. The Labute approximate surface area is 860 Å². The smallest absolute Gasteiger partial charge is 0.232 e. The molecule has 9 aliphatic heterocycles. The number of aromatic nitrogens is 6. The zero-order chi connectivity index (χ0) is 104. The number of rotatable bonds is 44. The van der Waals surface area contributed by atoms with E-state index in [9.17, 15) is 0 Å². The standard InChI is InChI=1S/C60H118N12.C55H106N12O/c1-51(2,3)43-60(20,21)65-48-62-49(71(46-39-56(12,13)68-57(14,15)40-46)33-29-24-23-27-31-61-44-35-52(4,5)66-53(6,7)36-44)64-50(63-48)72(47-41-58(16,17)69-59(18,19)42-47)34-30-26-25-28-32-70(22)45-37-54(8,9)67-55(10,11)38-45;1-48(2)33-41(34-49(3,4)61-48)56-25-21-17-19-23-27-66(43-37-52(9,10)63-53(11,12)38-43)46-58-45(65-29-31-68-32-30-65)59-47(60-46)67(44-39-54(13,14)64-55(15,16)40-44)28-24-20-18-22-26-57-42-35-50(5,6)62-51(7,8)36-42/h44-47,61,66-69H,23-43H2,1-22H3,(H,62,63,64,65);41-44,56-57,61-64H,17-40H2,1-16H3. The van der Waals surface area contributed by atoms with Gasteiger partial charge >= 0.3 is 0 Å². The summed E-state index contributed by atoms with van der Waals surface area (Å²) < 4.78 is 5.89. The molecule has 2 aromatic rings. The molecule has 2 aromatic heterocycles. The zero-order valence-corrected chi connectivity index (χ0v) is 98.2. The van der Waals surface area contributed by atoms with Crippen molar-refractivity contribution in [2.75, 3.05) is 116 Å². The predicted octanol–water partition coefficient (Wildman–Crippen LogP) is 20.8. The number of ether oxygens (including phenoxy) is 1. The number of hydrogen-bond donors (Lipinski definition) is 12. The molecule has 9 fully saturated rings. The van der Waals surface area contributed by atoms with Crippen LogP contribution in [0.15, 0.2) is 0 Å². The topological polar surface area (TPSA) is 250 Å². The highest BCUT2D eigenvalue weighted by atomic mass is 16.5. The molecule has 25 nitrogen and oxygen atoms in total. The third-order valence-corrected chi connectivity index (χ3v) is 31.7. The molecule has 0 aliphatic carbocycles. The monoisotopic (exact) mass is 1960 g/mol. The molecular formula is C115H224N24O. The van der Waals surface area contributed by atoms with E-state index < -0.39 is 0 Å². The lowest BCUT2D eigenvalue weighted by Crippen LogP contribution is -2.63. The summed E-state index contributed by atoms with van der Waals surface area (Å²) in [4.78, 5) is 48.9. The summed E-state index contributed by atoms with van der Waals surface area (Å²) in [5.41, 5.74) is 1.08. The van der Waals surface area contributed by atoms with Crippen molar-refractivity contribution in [2.24, 2.45) is 5.41 Å². The molecule has 0 saturated carbocycles. The Morgan fingerprint density at radius 3 is 0.736 bits per heavy atom. The number of nitrogens with zero attached hydrogens (tertiary/aromatic N) is 12. The van der Waals surface area contributed by atoms with Gasteiger partial charge in [0.1, 0.15) is 0 Å². The van der Waals surface area contributed by atoms with Crippen LogP contribution in [0.1, 0.15) is 468 Å². The fourth-order valence-corrected chi connectivity index (χ4v) is 29.9. The van der Waals surface area contributed by atoms with Crippen LogP contribution in [0, 0.1) is 5.41 Å². The van der Waals surface area contributed by atoms with Crippen LogP contribution in [0.2, 0.25) is 0 Å². The minimum absolute atomic E-state index is 0.00832. The molecule has 12 N–H and O–H groups in total. The van der Waals surface area contributed by atoms with Gasteiger partial charge in [-0.05, 0) is 435 Å². The van der Waals surface area contributed by atoms with Crippen molar-refractivity contribution in [3.8, 4) is 0 Å². The summed E-state index contributed by atoms with van der Waals surface area (Å²) >= 11 is 0. The van der Waals surface area contributed by atoms with Gasteiger partial charge in [-0.15, -0.1) is 0 Å². The third kappa shape index (κ3) is 39.3. The number of morpholine rings is 1. The number of piperidine rings is 8. The molecule has 0 atom stereocenters. The average Bonchev–Trinajstić information content (AvgIpc) is 0.732. The van der Waals surface area contributed by atoms with Gasteiger partial charge in [0.05, 0.1) is 13.2 Å². The quantitative estimate of drug-likeness (QED) is 0.0276. The summed E-state index contributed by atoms with van der Waals surface area (Å²) in [5.74, 6) is 4.93. The Morgan fingerprint density at radius 2 is 0.493 bits per heavy atom. The van der Waals surface area contributed by atoms with E-state index in [0.29, 0.717) is 67.5 Å². The summed E-state index contributed by atoms with van der Waals surface area (Å²) in [6.45, 7) is 98.6. The first-order valence-electron chi connectivity index (χ1n) is 57.2. The molecule has 0 spiro atoms. The Morgan fingerprint density at radius 1 is 0.279 bits per heavy atom. The molecule has 0 unspecified atom stereocenters. The molecule has 11 rings (SSSR count). The van der Waals surface area contributed by atoms with Gasteiger partial charge in [-0.3, -0.25) is 0 Å². The minimum atomic E-state index is -0.220. The second kappa shape index (κ2) is 46.8. The Bertz CT molecular complexity index is 3870. The molecule has 810 valence electrons. The summed E-state index contributed by atoms with van der Waals surface area (Å²) in [6.07, 6.45) is 37.7. The number of nitrogens with one attached hydrogen (secondary N) is 12. The summed E-state index contributed by atoms with van der Waals surface area (Å²) in [7, 11) is 2.36. The van der Waals surface area contributed by atoms with Crippen LogP contribution in [-0.2, 0) is 4.74 Å². The van der Waals surface area contributed by atoms with Crippen LogP contribution < -0.4 is 88.3 Å². The van der Waals surface area contributed by atoms with Gasteiger partial charge in [0.25, 0.3) is 0 Å². The maximum atomic E-state index is 5.89. The van der Waals surface area contributed by atoms with Gasteiger partial charge in [-0.1, -0.05) is 72.1 Å². The van der Waals surface area contributed by atoms with Crippen LogP contribution in [0.3, 0.4) is 0 Å². The van der Waals surface area contributed by atoms with Crippen molar-refractivity contribution < 1.29 is 4.74 Å². The Hall–Kier alpha value is -3.70. The predicted molar refractivity (Wildman–Crippen MR) is 599 cm³/mol. The van der Waals surface area contributed by atoms with Crippen molar-refractivity contribution in [1.82, 2.24) is 93.3 Å². The van der Waals surface area contributed by atoms with E-state index in [4.69, 9.17) is 34.6 Å². The maximum absolute atomic E-state index is 5.89. The van der Waals surface area contributed by atoms with Crippen LogP contribution in [0.4, 0.5) is 35.7 Å². The van der Waals surface area contributed by atoms with Gasteiger partial charge in [0, 0.05) is 182 Å². The van der Waals surface area contributed by atoms with E-state index in [1.807, 2.05) is 0 Å². The van der Waals surface area contributed by atoms with Crippen LogP contribution in [0.5, 0.6) is 0 Å². The van der Waals surface area contributed by atoms with Crippen molar-refractivity contribution >= 4 is 35.7 Å². The highest BCUT2D eigenvalue weighted by Crippen LogP contribution is 2.44. The lowest BCUT2D eigenvalue weighted by Gasteiger charge is -2.50. The van der Waals surface area contributed by atoms with Gasteiger partial charge in [-0.2, -0.15) is 29.9 Å². The molecule has 25 heteroatoms. The van der Waals surface area contributed by atoms with E-state index in [0.717, 1.165) is 179 Å². The molecule has 11 heterocycles. The fraction of sp³-hybridized carbons (Fsp3) is 0.948. The highest BCUT2D eigenvalue weighted by Gasteiger charge is 2.49. The zero-order valence-electron chi connectivity index (χ0n) is 98.2. The molecule has 0 aromatic carbocycles. The number of hydrogen-bond acceptors (Lipinski definition) is 25. The number of anilines is 6. The van der Waals surface area contributed by atoms with Crippen molar-refractivity contribution in [3.63, 3.8) is 0 Å². The van der Waals surface area contributed by atoms with Crippen LogP contribution in [0.25, 0.3) is 0 Å². The second-order valence-corrected chi connectivity index (χ2v) is 59.4. The van der Waals surface area contributed by atoms with Crippen molar-refractivity contribution in [3.05, 3.63) is 0 Å². The second-order valence-electron chi connectivity index (χ2n) is 59.4. The van der Waals surface area contributed by atoms with E-state index in [-0.39, 0.29) is 99.6 Å². The average molecular weight is 1960 g/mol. The molecule has 140 heavy (non-hydrogen) atoms. The normalized spacial score (nSPS) is 25.1. The Kier molecular flexibility index (Phi) is 39.5. The summed E-state index contributed by atoms with van der Waals surface area (Å²) in [6, 6.07) is 3.51. The van der Waals surface area contributed by atoms with Gasteiger partial charge in [-0.25, -0.2) is 0 Å². The Balaban J connectivity index is 0.000000289. The van der Waals surface area contributed by atoms with Crippen LogP contribution >= 0.6 is 0 Å². The lowest BCUT2D eigenvalue weighted by molar-refractivity contribution is 0.0805. The largest absolute Gasteiger partial charge is 0.378 e. The van der Waals surface area contributed by atoms with Crippen molar-refractivity contribution in [2.45, 2.75) is 611 Å². The first-order valence-corrected chi connectivity index (χ1v) is 57.2.